The zero-order chi connectivity index (χ0) is 18.1. The number of nitrogens with zero attached hydrogens (tertiary/aromatic N) is 3. The first-order valence-corrected chi connectivity index (χ1v) is 9.37. The van der Waals surface area contributed by atoms with Crippen molar-refractivity contribution in [3.8, 4) is 5.69 Å². The van der Waals surface area contributed by atoms with Crippen LogP contribution in [0.3, 0.4) is 0 Å². The van der Waals surface area contributed by atoms with Gasteiger partial charge in [-0.3, -0.25) is 0 Å². The average molecular weight is 399 g/mol. The van der Waals surface area contributed by atoms with E-state index < -0.39 is 11.6 Å². The van der Waals surface area contributed by atoms with Crippen molar-refractivity contribution < 1.29 is 13.5 Å². The van der Waals surface area contributed by atoms with Gasteiger partial charge in [0.1, 0.15) is 5.82 Å². The average Bonchev–Trinajstić information content (AvgIpc) is 3.11. The van der Waals surface area contributed by atoms with E-state index in [0.29, 0.717) is 18.9 Å². The van der Waals surface area contributed by atoms with Crippen molar-refractivity contribution >= 4 is 12.4 Å². The van der Waals surface area contributed by atoms with Crippen LogP contribution >= 0.6 is 12.4 Å². The number of hydrogen-bond donors (Lipinski definition) is 1. The molecular formula is C19H25ClF2N4O. The number of halogens is 3. The van der Waals surface area contributed by atoms with Gasteiger partial charge in [-0.2, -0.15) is 5.10 Å². The molecule has 2 aromatic rings. The monoisotopic (exact) mass is 398 g/mol. The molecule has 2 aliphatic rings. The quantitative estimate of drug-likeness (QED) is 0.852. The van der Waals surface area contributed by atoms with Gasteiger partial charge in [-0.15, -0.1) is 12.4 Å². The molecule has 0 atom stereocenters. The summed E-state index contributed by atoms with van der Waals surface area (Å²) < 4.78 is 34.3. The van der Waals surface area contributed by atoms with Crippen LogP contribution in [0.5, 0.6) is 0 Å². The zero-order valence-corrected chi connectivity index (χ0v) is 15.9. The van der Waals surface area contributed by atoms with Crippen LogP contribution in [0.2, 0.25) is 0 Å². The standard InChI is InChI=1S/C19H24F2N4O.ClH/c20-16-6-5-15(11-17(16)21)25-19(13-1-3-14(22)4-2-13)23-18(24-25)12-7-9-26-10-8-12;/h5-6,11-14H,1-4,7-10,22H2;1H. The summed E-state index contributed by atoms with van der Waals surface area (Å²) in [6.07, 6.45) is 5.55. The van der Waals surface area contributed by atoms with Gasteiger partial charge >= 0.3 is 0 Å². The molecule has 1 aromatic carbocycles. The van der Waals surface area contributed by atoms with E-state index in [1.165, 1.54) is 6.07 Å². The van der Waals surface area contributed by atoms with Crippen LogP contribution in [0.15, 0.2) is 18.2 Å². The number of benzene rings is 1. The minimum absolute atomic E-state index is 0. The highest BCUT2D eigenvalue weighted by Crippen LogP contribution is 2.34. The van der Waals surface area contributed by atoms with Gasteiger partial charge < -0.3 is 10.5 Å². The van der Waals surface area contributed by atoms with Crippen molar-refractivity contribution in [1.82, 2.24) is 14.8 Å². The molecule has 2 heterocycles. The highest BCUT2D eigenvalue weighted by Gasteiger charge is 2.29. The molecule has 8 heteroatoms. The maximum atomic E-state index is 13.8. The molecule has 148 valence electrons. The Labute approximate surface area is 163 Å². The summed E-state index contributed by atoms with van der Waals surface area (Å²) in [5.41, 5.74) is 6.55. The maximum absolute atomic E-state index is 13.8. The molecule has 2 fully saturated rings. The Hall–Kier alpha value is -1.57. The fraction of sp³-hybridized carbons (Fsp3) is 0.579. The molecule has 1 saturated carbocycles. The Morgan fingerprint density at radius 2 is 1.67 bits per heavy atom. The lowest BCUT2D eigenvalue weighted by molar-refractivity contribution is 0.0836. The molecular weight excluding hydrogens is 374 g/mol. The molecule has 1 aromatic heterocycles. The predicted octanol–water partition coefficient (Wildman–Crippen LogP) is 3.85. The Balaban J connectivity index is 0.00000210. The largest absolute Gasteiger partial charge is 0.381 e. The predicted molar refractivity (Wildman–Crippen MR) is 101 cm³/mol. The maximum Gasteiger partial charge on any atom is 0.160 e. The van der Waals surface area contributed by atoms with Gasteiger partial charge in [0.25, 0.3) is 0 Å². The number of ether oxygens (including phenoxy) is 1. The second-order valence-electron chi connectivity index (χ2n) is 7.34. The summed E-state index contributed by atoms with van der Waals surface area (Å²) in [4.78, 5) is 4.85. The van der Waals surface area contributed by atoms with Crippen LogP contribution in [0.1, 0.15) is 62.0 Å². The summed E-state index contributed by atoms with van der Waals surface area (Å²) in [5.74, 6) is 0.377. The number of hydrogen-bond acceptors (Lipinski definition) is 4. The summed E-state index contributed by atoms with van der Waals surface area (Å²) in [6.45, 7) is 1.41. The first-order valence-electron chi connectivity index (χ1n) is 9.37. The molecule has 27 heavy (non-hydrogen) atoms. The van der Waals surface area contributed by atoms with Crippen LogP contribution in [-0.2, 0) is 4.74 Å². The lowest BCUT2D eigenvalue weighted by atomic mass is 9.86. The first-order chi connectivity index (χ1) is 12.6. The van der Waals surface area contributed by atoms with E-state index in [2.05, 4.69) is 0 Å². The van der Waals surface area contributed by atoms with Crippen molar-refractivity contribution in [2.24, 2.45) is 5.73 Å². The van der Waals surface area contributed by atoms with Crippen LogP contribution in [-0.4, -0.2) is 34.0 Å². The Kier molecular flexibility index (Phi) is 6.44. The second-order valence-corrected chi connectivity index (χ2v) is 7.34. The van der Waals surface area contributed by atoms with Gasteiger partial charge in [0.2, 0.25) is 0 Å². The number of nitrogens with two attached hydrogens (primary N) is 1. The molecule has 0 unspecified atom stereocenters. The van der Waals surface area contributed by atoms with E-state index in [0.717, 1.165) is 56.2 Å². The summed E-state index contributed by atoms with van der Waals surface area (Å²) >= 11 is 0. The van der Waals surface area contributed by atoms with Crippen LogP contribution in [0.25, 0.3) is 5.69 Å². The van der Waals surface area contributed by atoms with Crippen molar-refractivity contribution in [2.45, 2.75) is 56.4 Å². The molecule has 1 aliphatic carbocycles. The van der Waals surface area contributed by atoms with E-state index in [9.17, 15) is 8.78 Å². The van der Waals surface area contributed by atoms with Crippen LogP contribution < -0.4 is 5.73 Å². The molecule has 0 amide bonds. The third kappa shape index (κ3) is 4.31. The third-order valence-corrected chi connectivity index (χ3v) is 5.52. The smallest absolute Gasteiger partial charge is 0.160 e. The van der Waals surface area contributed by atoms with Crippen molar-refractivity contribution in [3.05, 3.63) is 41.5 Å². The van der Waals surface area contributed by atoms with Crippen LogP contribution in [0, 0.1) is 11.6 Å². The highest BCUT2D eigenvalue weighted by molar-refractivity contribution is 5.85. The van der Waals surface area contributed by atoms with Crippen molar-refractivity contribution in [1.29, 1.82) is 0 Å². The van der Waals surface area contributed by atoms with E-state index >= 15 is 0 Å². The molecule has 5 nitrogen and oxygen atoms in total. The molecule has 0 radical (unpaired) electrons. The Bertz CT molecular complexity index is 771. The van der Waals surface area contributed by atoms with Crippen molar-refractivity contribution in [2.75, 3.05) is 13.2 Å². The van der Waals surface area contributed by atoms with Gasteiger partial charge in [0.15, 0.2) is 17.5 Å². The van der Waals surface area contributed by atoms with E-state index in [4.69, 9.17) is 20.6 Å². The third-order valence-electron chi connectivity index (χ3n) is 5.52. The fourth-order valence-corrected chi connectivity index (χ4v) is 3.92. The minimum Gasteiger partial charge on any atom is -0.381 e. The summed E-state index contributed by atoms with van der Waals surface area (Å²) in [6, 6.07) is 4.12. The number of aromatic nitrogens is 3. The topological polar surface area (TPSA) is 66.0 Å². The van der Waals surface area contributed by atoms with Gasteiger partial charge in [0, 0.05) is 37.2 Å². The van der Waals surface area contributed by atoms with E-state index in [1.807, 2.05) is 0 Å². The lowest BCUT2D eigenvalue weighted by Gasteiger charge is -2.25. The number of rotatable bonds is 3. The Morgan fingerprint density at radius 3 is 2.33 bits per heavy atom. The summed E-state index contributed by atoms with van der Waals surface area (Å²) in [7, 11) is 0. The van der Waals surface area contributed by atoms with Gasteiger partial charge in [0.05, 0.1) is 5.69 Å². The Morgan fingerprint density at radius 1 is 0.963 bits per heavy atom. The molecule has 4 rings (SSSR count). The molecule has 1 saturated heterocycles. The molecule has 2 N–H and O–H groups in total. The van der Waals surface area contributed by atoms with Crippen LogP contribution in [0.4, 0.5) is 8.78 Å². The SMILES string of the molecule is Cl.NC1CCC(c2nc(C3CCOCC3)nn2-c2ccc(F)c(F)c2)CC1. The van der Waals surface area contributed by atoms with Gasteiger partial charge in [-0.25, -0.2) is 18.4 Å². The molecule has 0 spiro atoms. The zero-order valence-electron chi connectivity index (χ0n) is 15.1. The molecule has 0 bridgehead atoms. The van der Waals surface area contributed by atoms with Gasteiger partial charge in [-0.1, -0.05) is 0 Å². The molecule has 1 aliphatic heterocycles. The fourth-order valence-electron chi connectivity index (χ4n) is 3.92. The lowest BCUT2D eigenvalue weighted by Crippen LogP contribution is -2.26. The normalized spacial score (nSPS) is 23.8. The summed E-state index contributed by atoms with van der Waals surface area (Å²) in [5, 5.41) is 4.70. The van der Waals surface area contributed by atoms with E-state index in [1.54, 1.807) is 10.7 Å². The first kappa shape index (κ1) is 20.2. The van der Waals surface area contributed by atoms with Crippen molar-refractivity contribution in [3.63, 3.8) is 0 Å². The minimum atomic E-state index is -0.873. The second kappa shape index (κ2) is 8.63. The van der Waals surface area contributed by atoms with E-state index in [-0.39, 0.29) is 30.3 Å². The highest BCUT2D eigenvalue weighted by atomic mass is 35.5. The van der Waals surface area contributed by atoms with Gasteiger partial charge in [-0.05, 0) is 50.7 Å².